The molecule has 1 amide bonds. The molecule has 2 N–H and O–H groups in total. The number of fused-ring (bicyclic) bond motifs is 1. The minimum Gasteiger partial charge on any atom is -0.494 e. The van der Waals surface area contributed by atoms with Crippen LogP contribution in [0.3, 0.4) is 0 Å². The molecule has 0 radical (unpaired) electrons. The predicted octanol–water partition coefficient (Wildman–Crippen LogP) is 2.63. The van der Waals surface area contributed by atoms with Crippen molar-refractivity contribution < 1.29 is 9.53 Å². The van der Waals surface area contributed by atoms with Crippen molar-refractivity contribution in [1.82, 2.24) is 10.3 Å². The maximum Gasteiger partial charge on any atom is 0.221 e. The molecule has 1 aromatic heterocycles. The molecule has 0 spiro atoms. The maximum absolute atomic E-state index is 11.3. The second-order valence-electron chi connectivity index (χ2n) is 4.21. The number of ether oxygens (including phenoxy) is 1. The van der Waals surface area contributed by atoms with Crippen molar-refractivity contribution in [2.45, 2.75) is 20.3 Å². The van der Waals surface area contributed by atoms with E-state index in [1.807, 2.05) is 32.0 Å². The summed E-state index contributed by atoms with van der Waals surface area (Å²) in [5.41, 5.74) is 0.943. The minimum absolute atomic E-state index is 0.0553. The van der Waals surface area contributed by atoms with Crippen LogP contribution in [0.1, 0.15) is 20.3 Å². The van der Waals surface area contributed by atoms with E-state index in [0.29, 0.717) is 26.1 Å². The van der Waals surface area contributed by atoms with E-state index in [0.717, 1.165) is 21.1 Å². The molecule has 0 aliphatic carbocycles. The van der Waals surface area contributed by atoms with Gasteiger partial charge in [0, 0.05) is 19.5 Å². The number of anilines is 1. The summed E-state index contributed by atoms with van der Waals surface area (Å²) in [6.07, 6.45) is 0.452. The van der Waals surface area contributed by atoms with Crippen LogP contribution in [-0.2, 0) is 4.79 Å². The van der Waals surface area contributed by atoms with Gasteiger partial charge < -0.3 is 15.4 Å². The fraction of sp³-hybridized carbons (Fsp3) is 0.429. The summed E-state index contributed by atoms with van der Waals surface area (Å²) in [4.78, 5) is 15.8. The zero-order valence-corrected chi connectivity index (χ0v) is 12.5. The molecule has 0 aliphatic heterocycles. The van der Waals surface area contributed by atoms with Gasteiger partial charge in [-0.25, -0.2) is 4.98 Å². The number of nitrogens with one attached hydrogen (secondary N) is 2. The van der Waals surface area contributed by atoms with Gasteiger partial charge in [0.2, 0.25) is 5.91 Å². The molecule has 0 saturated carbocycles. The number of benzene rings is 1. The van der Waals surface area contributed by atoms with E-state index in [1.165, 1.54) is 0 Å². The van der Waals surface area contributed by atoms with Gasteiger partial charge in [-0.15, -0.1) is 0 Å². The highest BCUT2D eigenvalue weighted by Gasteiger charge is 2.06. The lowest BCUT2D eigenvalue weighted by Crippen LogP contribution is -2.24. The predicted molar refractivity (Wildman–Crippen MR) is 82.6 cm³/mol. The number of hydrogen-bond acceptors (Lipinski definition) is 5. The van der Waals surface area contributed by atoms with Gasteiger partial charge in [-0.1, -0.05) is 11.3 Å². The van der Waals surface area contributed by atoms with Gasteiger partial charge in [0.05, 0.1) is 16.8 Å². The summed E-state index contributed by atoms with van der Waals surface area (Å²) in [6, 6.07) is 5.86. The minimum atomic E-state index is 0.0553. The lowest BCUT2D eigenvalue weighted by atomic mass is 10.3. The van der Waals surface area contributed by atoms with E-state index >= 15 is 0 Å². The average Bonchev–Trinajstić information content (AvgIpc) is 2.81. The standard InChI is InChI=1S/C14H19N3O2S/c1-3-15-13(18)7-8-16-14-17-11-6-5-10(19-4-2)9-12(11)20-14/h5-6,9H,3-4,7-8H2,1-2H3,(H,15,18)(H,16,17). The molecule has 0 fully saturated rings. The molecular weight excluding hydrogens is 274 g/mol. The summed E-state index contributed by atoms with van der Waals surface area (Å²) >= 11 is 1.57. The summed E-state index contributed by atoms with van der Waals surface area (Å²) < 4.78 is 6.55. The third-order valence-electron chi connectivity index (χ3n) is 2.67. The monoisotopic (exact) mass is 293 g/mol. The number of nitrogens with zero attached hydrogens (tertiary/aromatic N) is 1. The fourth-order valence-corrected chi connectivity index (χ4v) is 2.73. The van der Waals surface area contributed by atoms with Gasteiger partial charge >= 0.3 is 0 Å². The summed E-state index contributed by atoms with van der Waals surface area (Å²) in [6.45, 7) is 5.78. The van der Waals surface area contributed by atoms with Crippen molar-refractivity contribution in [2.24, 2.45) is 0 Å². The largest absolute Gasteiger partial charge is 0.494 e. The van der Waals surface area contributed by atoms with Crippen LogP contribution in [0.5, 0.6) is 5.75 Å². The van der Waals surface area contributed by atoms with Crippen LogP contribution in [0.25, 0.3) is 10.2 Å². The van der Waals surface area contributed by atoms with E-state index in [-0.39, 0.29) is 5.91 Å². The van der Waals surface area contributed by atoms with Crippen molar-refractivity contribution >= 4 is 32.6 Å². The Labute approximate surface area is 122 Å². The third-order valence-corrected chi connectivity index (χ3v) is 3.65. The molecule has 20 heavy (non-hydrogen) atoms. The molecule has 1 heterocycles. The first kappa shape index (κ1) is 14.6. The quantitative estimate of drug-likeness (QED) is 0.824. The highest BCUT2D eigenvalue weighted by molar-refractivity contribution is 7.22. The van der Waals surface area contributed by atoms with Gasteiger partial charge in [-0.05, 0) is 32.0 Å². The molecular formula is C14H19N3O2S. The van der Waals surface area contributed by atoms with Crippen LogP contribution in [0.4, 0.5) is 5.13 Å². The molecule has 0 atom stereocenters. The Morgan fingerprint density at radius 2 is 2.25 bits per heavy atom. The lowest BCUT2D eigenvalue weighted by Gasteiger charge is -2.02. The lowest BCUT2D eigenvalue weighted by molar-refractivity contribution is -0.120. The molecule has 5 nitrogen and oxygen atoms in total. The van der Waals surface area contributed by atoms with Gasteiger partial charge in [-0.3, -0.25) is 4.79 Å². The van der Waals surface area contributed by atoms with E-state index in [4.69, 9.17) is 4.74 Å². The Kier molecular flexibility index (Phi) is 5.17. The number of amides is 1. The first-order chi connectivity index (χ1) is 9.72. The fourth-order valence-electron chi connectivity index (χ4n) is 1.81. The molecule has 2 rings (SSSR count). The number of thiazole rings is 1. The molecule has 108 valence electrons. The van der Waals surface area contributed by atoms with Crippen molar-refractivity contribution in [3.8, 4) is 5.75 Å². The number of aromatic nitrogens is 1. The van der Waals surface area contributed by atoms with Crippen LogP contribution in [-0.4, -0.2) is 30.6 Å². The SMILES string of the molecule is CCNC(=O)CCNc1nc2ccc(OCC)cc2s1. The van der Waals surface area contributed by atoms with Gasteiger partial charge in [0.15, 0.2) is 5.13 Å². The van der Waals surface area contributed by atoms with E-state index < -0.39 is 0 Å². The van der Waals surface area contributed by atoms with Crippen LogP contribution in [0, 0.1) is 0 Å². The zero-order chi connectivity index (χ0) is 14.4. The van der Waals surface area contributed by atoms with Gasteiger partial charge in [-0.2, -0.15) is 0 Å². The molecule has 0 bridgehead atoms. The number of rotatable bonds is 7. The van der Waals surface area contributed by atoms with Crippen molar-refractivity contribution in [3.63, 3.8) is 0 Å². The van der Waals surface area contributed by atoms with Crippen LogP contribution >= 0.6 is 11.3 Å². The Balaban J connectivity index is 1.95. The normalized spacial score (nSPS) is 10.5. The van der Waals surface area contributed by atoms with Gasteiger partial charge in [0.25, 0.3) is 0 Å². The van der Waals surface area contributed by atoms with Crippen LogP contribution < -0.4 is 15.4 Å². The van der Waals surface area contributed by atoms with Crippen LogP contribution in [0.2, 0.25) is 0 Å². The molecule has 0 aliphatic rings. The zero-order valence-electron chi connectivity index (χ0n) is 11.7. The Morgan fingerprint density at radius 1 is 1.40 bits per heavy atom. The molecule has 0 saturated heterocycles. The Hall–Kier alpha value is -1.82. The molecule has 2 aromatic rings. The van der Waals surface area contributed by atoms with Crippen molar-refractivity contribution in [2.75, 3.05) is 25.0 Å². The second-order valence-corrected chi connectivity index (χ2v) is 5.24. The highest BCUT2D eigenvalue weighted by atomic mass is 32.1. The molecule has 6 heteroatoms. The van der Waals surface area contributed by atoms with E-state index in [2.05, 4.69) is 15.6 Å². The first-order valence-electron chi connectivity index (χ1n) is 6.77. The topological polar surface area (TPSA) is 63.2 Å². The molecule has 0 unspecified atom stereocenters. The second kappa shape index (κ2) is 7.09. The molecule has 1 aromatic carbocycles. The highest BCUT2D eigenvalue weighted by Crippen LogP contribution is 2.29. The van der Waals surface area contributed by atoms with Gasteiger partial charge in [0.1, 0.15) is 5.75 Å². The number of carbonyl (C=O) groups is 1. The number of carbonyl (C=O) groups excluding carboxylic acids is 1. The smallest absolute Gasteiger partial charge is 0.221 e. The maximum atomic E-state index is 11.3. The summed E-state index contributed by atoms with van der Waals surface area (Å²) in [5, 5.41) is 6.78. The van der Waals surface area contributed by atoms with Crippen molar-refractivity contribution in [1.29, 1.82) is 0 Å². The number of hydrogen-bond donors (Lipinski definition) is 2. The van der Waals surface area contributed by atoms with Crippen molar-refractivity contribution in [3.05, 3.63) is 18.2 Å². The summed E-state index contributed by atoms with van der Waals surface area (Å²) in [5.74, 6) is 0.914. The first-order valence-corrected chi connectivity index (χ1v) is 7.58. The average molecular weight is 293 g/mol. The van der Waals surface area contributed by atoms with Crippen LogP contribution in [0.15, 0.2) is 18.2 Å². The van der Waals surface area contributed by atoms with E-state index in [1.54, 1.807) is 11.3 Å². The Bertz CT molecular complexity index is 583. The van der Waals surface area contributed by atoms with E-state index in [9.17, 15) is 4.79 Å². The Morgan fingerprint density at radius 3 is 3.00 bits per heavy atom. The third kappa shape index (κ3) is 3.84. The summed E-state index contributed by atoms with van der Waals surface area (Å²) in [7, 11) is 0.